The Hall–Kier alpha value is -1.30. The van der Waals surface area contributed by atoms with E-state index in [1.54, 1.807) is 0 Å². The summed E-state index contributed by atoms with van der Waals surface area (Å²) >= 11 is 0. The number of hydrogen-bond donors (Lipinski definition) is 0. The molecule has 0 nitrogen and oxygen atoms in total. The van der Waals surface area contributed by atoms with Gasteiger partial charge in [0.25, 0.3) is 0 Å². The predicted octanol–water partition coefficient (Wildman–Crippen LogP) is 4.26. The van der Waals surface area contributed by atoms with E-state index in [2.05, 4.69) is 63.6 Å². The maximum Gasteiger partial charge on any atom is -0.00288 e. The van der Waals surface area contributed by atoms with Crippen molar-refractivity contribution in [2.45, 2.75) is 27.2 Å². The van der Waals surface area contributed by atoms with E-state index in [0.29, 0.717) is 5.92 Å². The molecule has 83 valence electrons. The summed E-state index contributed by atoms with van der Waals surface area (Å²) in [5, 5.41) is 0. The molecular formula is C16H19. The molecule has 0 N–H and O–H groups in total. The van der Waals surface area contributed by atoms with Gasteiger partial charge < -0.3 is 0 Å². The van der Waals surface area contributed by atoms with E-state index >= 15 is 0 Å². The van der Waals surface area contributed by atoms with E-state index in [-0.39, 0.29) is 0 Å². The first-order chi connectivity index (χ1) is 7.63. The molecule has 0 amide bonds. The number of rotatable bonds is 2. The van der Waals surface area contributed by atoms with E-state index in [1.807, 2.05) is 0 Å². The second kappa shape index (κ2) is 4.69. The first kappa shape index (κ1) is 11.2. The van der Waals surface area contributed by atoms with Crippen molar-refractivity contribution in [3.05, 3.63) is 65.1 Å². The molecule has 0 saturated heterocycles. The van der Waals surface area contributed by atoms with Crippen LogP contribution in [0.15, 0.2) is 47.6 Å². The van der Waals surface area contributed by atoms with Gasteiger partial charge in [-0.25, -0.2) is 0 Å². The van der Waals surface area contributed by atoms with E-state index in [1.165, 1.54) is 22.3 Å². The summed E-state index contributed by atoms with van der Waals surface area (Å²) in [6.45, 7) is 6.55. The van der Waals surface area contributed by atoms with E-state index in [0.717, 1.165) is 6.42 Å². The summed E-state index contributed by atoms with van der Waals surface area (Å²) in [6.07, 6.45) is 8.00. The number of aryl methyl sites for hydroxylation is 1. The SMILES string of the molecule is CC1=CC(Cc2ccc(C)cc2)=CC(C)[CH]1. The normalized spacial score (nSPS) is 20.3. The fraction of sp³-hybridized carbons (Fsp3) is 0.312. The number of benzene rings is 1. The Kier molecular flexibility index (Phi) is 3.28. The van der Waals surface area contributed by atoms with Crippen LogP contribution in [-0.2, 0) is 6.42 Å². The van der Waals surface area contributed by atoms with Gasteiger partial charge in [-0.3, -0.25) is 0 Å². The highest BCUT2D eigenvalue weighted by Gasteiger charge is 2.09. The first-order valence-corrected chi connectivity index (χ1v) is 5.93. The average Bonchev–Trinajstić information content (AvgIpc) is 2.20. The van der Waals surface area contributed by atoms with Crippen molar-refractivity contribution < 1.29 is 0 Å². The highest BCUT2D eigenvalue weighted by molar-refractivity contribution is 5.38. The summed E-state index contributed by atoms with van der Waals surface area (Å²) in [5.41, 5.74) is 5.55. The van der Waals surface area contributed by atoms with E-state index < -0.39 is 0 Å². The van der Waals surface area contributed by atoms with E-state index in [4.69, 9.17) is 0 Å². The third-order valence-corrected chi connectivity index (χ3v) is 2.94. The first-order valence-electron chi connectivity index (χ1n) is 5.93. The lowest BCUT2D eigenvalue weighted by Crippen LogP contribution is -2.02. The Balaban J connectivity index is 2.13. The lowest BCUT2D eigenvalue weighted by Gasteiger charge is -2.16. The Bertz CT molecular complexity index is 418. The van der Waals surface area contributed by atoms with Gasteiger partial charge in [0.15, 0.2) is 0 Å². The predicted molar refractivity (Wildman–Crippen MR) is 70.2 cm³/mol. The largest absolute Gasteiger partial charge is 0.0775 e. The zero-order chi connectivity index (χ0) is 11.5. The summed E-state index contributed by atoms with van der Waals surface area (Å²) in [5.74, 6) is 0.574. The molecule has 0 saturated carbocycles. The Morgan fingerprint density at radius 1 is 1.06 bits per heavy atom. The van der Waals surface area contributed by atoms with Gasteiger partial charge in [-0.2, -0.15) is 0 Å². The van der Waals surface area contributed by atoms with Crippen LogP contribution in [0.5, 0.6) is 0 Å². The molecule has 1 atom stereocenters. The van der Waals surface area contributed by atoms with Gasteiger partial charge in [0.2, 0.25) is 0 Å². The minimum Gasteiger partial charge on any atom is -0.0775 e. The van der Waals surface area contributed by atoms with Gasteiger partial charge in [-0.15, -0.1) is 0 Å². The second-order valence-corrected chi connectivity index (χ2v) is 4.82. The molecule has 0 heteroatoms. The van der Waals surface area contributed by atoms with Crippen LogP contribution in [0.4, 0.5) is 0 Å². The van der Waals surface area contributed by atoms with Crippen LogP contribution in [0, 0.1) is 19.3 Å². The van der Waals surface area contributed by atoms with Gasteiger partial charge in [-0.05, 0) is 43.7 Å². The summed E-state index contributed by atoms with van der Waals surface area (Å²) in [7, 11) is 0. The van der Waals surface area contributed by atoms with Gasteiger partial charge in [0.1, 0.15) is 0 Å². The Labute approximate surface area is 98.7 Å². The third-order valence-electron chi connectivity index (χ3n) is 2.94. The van der Waals surface area contributed by atoms with Crippen LogP contribution >= 0.6 is 0 Å². The molecular weight excluding hydrogens is 192 g/mol. The van der Waals surface area contributed by atoms with Crippen molar-refractivity contribution in [3.8, 4) is 0 Å². The second-order valence-electron chi connectivity index (χ2n) is 4.82. The molecule has 1 unspecified atom stereocenters. The minimum atomic E-state index is 0.574. The molecule has 0 bridgehead atoms. The van der Waals surface area contributed by atoms with Crippen LogP contribution in [0.1, 0.15) is 25.0 Å². The molecule has 1 aromatic carbocycles. The van der Waals surface area contributed by atoms with Gasteiger partial charge >= 0.3 is 0 Å². The molecule has 0 aliphatic heterocycles. The van der Waals surface area contributed by atoms with Crippen molar-refractivity contribution in [3.63, 3.8) is 0 Å². The van der Waals surface area contributed by atoms with Crippen LogP contribution in [0.3, 0.4) is 0 Å². The zero-order valence-corrected chi connectivity index (χ0v) is 10.3. The molecule has 2 rings (SSSR count). The van der Waals surface area contributed by atoms with Crippen molar-refractivity contribution in [2.75, 3.05) is 0 Å². The molecule has 0 fully saturated rings. The quantitative estimate of drug-likeness (QED) is 0.685. The molecule has 1 aliphatic rings. The average molecular weight is 211 g/mol. The zero-order valence-electron chi connectivity index (χ0n) is 10.3. The standard InChI is InChI=1S/C16H19/c1-12-4-6-15(7-5-12)11-16-9-13(2)8-14(3)10-16/h4-10,13H,11H2,1-3H3. The molecule has 1 aliphatic carbocycles. The topological polar surface area (TPSA) is 0 Å². The summed E-state index contributed by atoms with van der Waals surface area (Å²) in [6, 6.07) is 8.82. The number of hydrogen-bond acceptors (Lipinski definition) is 0. The highest BCUT2D eigenvalue weighted by Crippen LogP contribution is 2.23. The third kappa shape index (κ3) is 2.85. The fourth-order valence-electron chi connectivity index (χ4n) is 2.24. The smallest absolute Gasteiger partial charge is 0.00288 e. The van der Waals surface area contributed by atoms with E-state index in [9.17, 15) is 0 Å². The lowest BCUT2D eigenvalue weighted by atomic mass is 9.89. The summed E-state index contributed by atoms with van der Waals surface area (Å²) in [4.78, 5) is 0. The van der Waals surface area contributed by atoms with Gasteiger partial charge in [0, 0.05) is 0 Å². The van der Waals surface area contributed by atoms with Crippen LogP contribution in [0.2, 0.25) is 0 Å². The Morgan fingerprint density at radius 3 is 2.38 bits per heavy atom. The maximum atomic E-state index is 2.35. The van der Waals surface area contributed by atoms with Gasteiger partial charge in [0.05, 0.1) is 0 Å². The molecule has 0 heterocycles. The van der Waals surface area contributed by atoms with Crippen molar-refractivity contribution in [2.24, 2.45) is 5.92 Å². The molecule has 0 aromatic heterocycles. The van der Waals surface area contributed by atoms with Crippen LogP contribution in [-0.4, -0.2) is 0 Å². The monoisotopic (exact) mass is 211 g/mol. The van der Waals surface area contributed by atoms with Crippen molar-refractivity contribution in [1.82, 2.24) is 0 Å². The number of allylic oxidation sites excluding steroid dienone is 4. The van der Waals surface area contributed by atoms with Crippen LogP contribution < -0.4 is 0 Å². The molecule has 1 radical (unpaired) electrons. The lowest BCUT2D eigenvalue weighted by molar-refractivity contribution is 0.836. The fourth-order valence-corrected chi connectivity index (χ4v) is 2.24. The molecule has 1 aromatic rings. The van der Waals surface area contributed by atoms with Crippen LogP contribution in [0.25, 0.3) is 0 Å². The van der Waals surface area contributed by atoms with Crippen molar-refractivity contribution in [1.29, 1.82) is 0 Å². The maximum absolute atomic E-state index is 2.35. The van der Waals surface area contributed by atoms with Gasteiger partial charge in [-0.1, -0.05) is 54.5 Å². The molecule has 16 heavy (non-hydrogen) atoms. The molecule has 0 spiro atoms. The Morgan fingerprint density at radius 2 is 1.75 bits per heavy atom. The summed E-state index contributed by atoms with van der Waals surface area (Å²) < 4.78 is 0. The minimum absolute atomic E-state index is 0.574. The highest BCUT2D eigenvalue weighted by atomic mass is 14.1. The van der Waals surface area contributed by atoms with Crippen molar-refractivity contribution >= 4 is 0 Å².